The molecule has 37 heavy (non-hydrogen) atoms. The molecule has 2 amide bonds. The first kappa shape index (κ1) is 24.8. The number of rotatable bonds is 7. The van der Waals surface area contributed by atoms with E-state index in [1.807, 2.05) is 19.9 Å². The van der Waals surface area contributed by atoms with E-state index in [0.717, 1.165) is 18.4 Å². The third-order valence-corrected chi connectivity index (χ3v) is 7.34. The van der Waals surface area contributed by atoms with Gasteiger partial charge >= 0.3 is 0 Å². The zero-order chi connectivity index (χ0) is 26.3. The molecule has 0 bridgehead atoms. The predicted molar refractivity (Wildman–Crippen MR) is 138 cm³/mol. The molecular weight excluding hydrogens is 472 g/mol. The Balaban J connectivity index is 1.73. The number of hydrogen-bond donors (Lipinski definition) is 1. The van der Waals surface area contributed by atoms with Crippen LogP contribution in [0, 0.1) is 6.92 Å². The van der Waals surface area contributed by atoms with Gasteiger partial charge in [-0.25, -0.2) is 0 Å². The van der Waals surface area contributed by atoms with Gasteiger partial charge < -0.3 is 24.4 Å². The quantitative estimate of drug-likeness (QED) is 0.269. The number of likely N-dealkylation sites (tertiary alicyclic amines) is 1. The van der Waals surface area contributed by atoms with Crippen LogP contribution in [0.3, 0.4) is 0 Å². The molecule has 3 aliphatic heterocycles. The van der Waals surface area contributed by atoms with Crippen molar-refractivity contribution in [3.05, 3.63) is 77.4 Å². The molecule has 192 valence electrons. The zero-order valence-electron chi connectivity index (χ0n) is 21.0. The molecule has 5 rings (SSSR count). The van der Waals surface area contributed by atoms with E-state index in [-0.39, 0.29) is 18.2 Å². The second-order valence-electron chi connectivity index (χ2n) is 9.46. The Morgan fingerprint density at radius 3 is 2.70 bits per heavy atom. The zero-order valence-corrected chi connectivity index (χ0v) is 21.0. The van der Waals surface area contributed by atoms with E-state index in [4.69, 9.17) is 9.47 Å². The normalized spacial score (nSPS) is 24.3. The lowest BCUT2D eigenvalue weighted by Crippen LogP contribution is -2.53. The molecule has 2 unspecified atom stereocenters. The number of aryl methyl sites for hydroxylation is 1. The van der Waals surface area contributed by atoms with Crippen LogP contribution < -0.4 is 9.64 Å². The molecule has 2 fully saturated rings. The fourth-order valence-electron chi connectivity index (χ4n) is 5.67. The lowest BCUT2D eigenvalue weighted by atomic mass is 9.81. The van der Waals surface area contributed by atoms with Gasteiger partial charge in [-0.3, -0.25) is 14.4 Å². The van der Waals surface area contributed by atoms with Gasteiger partial charge in [0.1, 0.15) is 18.1 Å². The summed E-state index contributed by atoms with van der Waals surface area (Å²) in [7, 11) is 0. The Labute approximate surface area is 215 Å². The van der Waals surface area contributed by atoms with Gasteiger partial charge in [-0.1, -0.05) is 30.9 Å². The molecular formula is C29H30N2O6. The summed E-state index contributed by atoms with van der Waals surface area (Å²) >= 11 is 0. The van der Waals surface area contributed by atoms with Gasteiger partial charge in [-0.2, -0.15) is 0 Å². The number of anilines is 1. The van der Waals surface area contributed by atoms with Gasteiger partial charge in [0.05, 0.1) is 17.4 Å². The van der Waals surface area contributed by atoms with Crippen molar-refractivity contribution in [1.82, 2.24) is 4.90 Å². The fourth-order valence-corrected chi connectivity index (χ4v) is 5.67. The van der Waals surface area contributed by atoms with Crippen molar-refractivity contribution in [2.45, 2.75) is 38.3 Å². The maximum atomic E-state index is 14.2. The summed E-state index contributed by atoms with van der Waals surface area (Å²) in [6.45, 7) is 8.61. The lowest BCUT2D eigenvalue weighted by molar-refractivity contribution is -0.145. The minimum Gasteiger partial charge on any atom is -0.507 e. The maximum absolute atomic E-state index is 14.2. The van der Waals surface area contributed by atoms with E-state index in [0.29, 0.717) is 42.3 Å². The molecule has 0 radical (unpaired) electrons. The van der Waals surface area contributed by atoms with Gasteiger partial charge in [-0.15, -0.1) is 0 Å². The van der Waals surface area contributed by atoms with Crippen LogP contribution in [0.4, 0.5) is 5.69 Å². The number of para-hydroxylation sites is 1. The van der Waals surface area contributed by atoms with E-state index >= 15 is 0 Å². The first-order chi connectivity index (χ1) is 17.9. The van der Waals surface area contributed by atoms with Crippen LogP contribution in [0.25, 0.3) is 5.76 Å². The molecule has 8 heteroatoms. The highest BCUT2D eigenvalue weighted by Gasteiger charge is 2.67. The number of aliphatic hydroxyl groups excluding tert-OH is 1. The molecule has 3 heterocycles. The van der Waals surface area contributed by atoms with Gasteiger partial charge in [0.25, 0.3) is 17.6 Å². The van der Waals surface area contributed by atoms with Crippen molar-refractivity contribution in [2.75, 3.05) is 31.2 Å². The summed E-state index contributed by atoms with van der Waals surface area (Å²) in [6.07, 6.45) is 2.89. The average molecular weight is 503 g/mol. The summed E-state index contributed by atoms with van der Waals surface area (Å²) in [4.78, 5) is 44.3. The molecule has 1 N–H and O–H groups in total. The van der Waals surface area contributed by atoms with Crippen molar-refractivity contribution < 1.29 is 29.0 Å². The van der Waals surface area contributed by atoms with Crippen molar-refractivity contribution >= 4 is 29.0 Å². The molecule has 2 aromatic rings. The number of Topliss-reactive ketones (excluding diaryl/α,β-unsaturated/α-hetero) is 1. The van der Waals surface area contributed by atoms with Crippen LogP contribution in [0.2, 0.25) is 0 Å². The van der Waals surface area contributed by atoms with Crippen LogP contribution in [0.1, 0.15) is 36.5 Å². The van der Waals surface area contributed by atoms with Crippen LogP contribution in [-0.4, -0.2) is 60.0 Å². The first-order valence-electron chi connectivity index (χ1n) is 12.5. The number of carbonyl (C=O) groups excluding carboxylic acids is 3. The number of nitrogens with zero attached hydrogens (tertiary/aromatic N) is 2. The number of carbonyl (C=O) groups is 3. The monoisotopic (exact) mass is 502 g/mol. The van der Waals surface area contributed by atoms with E-state index in [2.05, 4.69) is 6.58 Å². The predicted octanol–water partition coefficient (Wildman–Crippen LogP) is 3.68. The van der Waals surface area contributed by atoms with Crippen molar-refractivity contribution in [1.29, 1.82) is 0 Å². The third kappa shape index (κ3) is 3.66. The number of benzene rings is 2. The standard InChI is InChI=1S/C29H30N2O6/c1-4-14-37-23-13-12-19(16-18(23)3)25(32)24-26(33)27(34)31(17-20-9-8-15-36-20)29(24)21-10-6-7-11-22(21)30(5-2)28(29)35/h4,6-7,10-13,16,20,32H,1,5,8-9,14-15,17H2,2-3H3/b25-24+. The molecule has 3 aliphatic rings. The third-order valence-electron chi connectivity index (χ3n) is 7.34. The Morgan fingerprint density at radius 1 is 1.24 bits per heavy atom. The Kier molecular flexibility index (Phi) is 6.37. The fraction of sp³-hybridized carbons (Fsp3) is 0.345. The number of hydrogen-bond acceptors (Lipinski definition) is 6. The Bertz CT molecular complexity index is 1330. The summed E-state index contributed by atoms with van der Waals surface area (Å²) in [5.41, 5.74) is 0.166. The van der Waals surface area contributed by atoms with Crippen LogP contribution in [-0.2, 0) is 24.7 Å². The number of ketones is 1. The first-order valence-corrected chi connectivity index (χ1v) is 12.5. The molecule has 2 aromatic carbocycles. The number of fused-ring (bicyclic) bond motifs is 2. The average Bonchev–Trinajstić information content (AvgIpc) is 3.56. The minimum atomic E-state index is -1.78. The van der Waals surface area contributed by atoms with E-state index in [9.17, 15) is 19.5 Å². The molecule has 0 saturated carbocycles. The SMILES string of the molecule is C=CCOc1ccc(/C(O)=C2/C(=O)C(=O)N(CC3CCCO3)C23C(=O)N(CC)c2ccccc23)cc1C. The molecule has 8 nitrogen and oxygen atoms in total. The second kappa shape index (κ2) is 9.52. The molecule has 1 spiro atoms. The highest BCUT2D eigenvalue weighted by molar-refractivity contribution is 6.50. The van der Waals surface area contributed by atoms with Crippen molar-refractivity contribution in [3.8, 4) is 5.75 Å². The largest absolute Gasteiger partial charge is 0.507 e. The van der Waals surface area contributed by atoms with Crippen LogP contribution in [0.5, 0.6) is 5.75 Å². The summed E-state index contributed by atoms with van der Waals surface area (Å²) in [5.74, 6) is -1.93. The summed E-state index contributed by atoms with van der Waals surface area (Å²) in [5, 5.41) is 11.6. The highest BCUT2D eigenvalue weighted by atomic mass is 16.5. The summed E-state index contributed by atoms with van der Waals surface area (Å²) in [6, 6.07) is 12.1. The van der Waals surface area contributed by atoms with Gasteiger partial charge in [0.2, 0.25) is 0 Å². The molecule has 2 atom stereocenters. The van der Waals surface area contributed by atoms with Crippen LogP contribution in [0.15, 0.2) is 60.7 Å². The second-order valence-corrected chi connectivity index (χ2v) is 9.46. The molecule has 0 aliphatic carbocycles. The van der Waals surface area contributed by atoms with E-state index in [1.165, 1.54) is 4.90 Å². The highest BCUT2D eigenvalue weighted by Crippen LogP contribution is 2.53. The molecule has 2 saturated heterocycles. The van der Waals surface area contributed by atoms with Gasteiger partial charge in [0, 0.05) is 30.8 Å². The smallest absolute Gasteiger partial charge is 0.296 e. The van der Waals surface area contributed by atoms with Crippen molar-refractivity contribution in [2.24, 2.45) is 0 Å². The Hall–Kier alpha value is -3.91. The number of aliphatic hydroxyl groups is 1. The van der Waals surface area contributed by atoms with Crippen molar-refractivity contribution in [3.63, 3.8) is 0 Å². The van der Waals surface area contributed by atoms with Gasteiger partial charge in [0.15, 0.2) is 5.54 Å². The topological polar surface area (TPSA) is 96.4 Å². The lowest BCUT2D eigenvalue weighted by Gasteiger charge is -2.35. The Morgan fingerprint density at radius 2 is 2.03 bits per heavy atom. The number of ether oxygens (including phenoxy) is 2. The van der Waals surface area contributed by atoms with E-state index in [1.54, 1.807) is 47.4 Å². The summed E-state index contributed by atoms with van der Waals surface area (Å²) < 4.78 is 11.4. The molecule has 0 aromatic heterocycles. The maximum Gasteiger partial charge on any atom is 0.296 e. The van der Waals surface area contributed by atoms with Crippen LogP contribution >= 0.6 is 0 Å². The van der Waals surface area contributed by atoms with Gasteiger partial charge in [-0.05, 0) is 56.5 Å². The minimum absolute atomic E-state index is 0.0757. The number of amides is 2. The number of likely N-dealkylation sites (N-methyl/N-ethyl adjacent to an activating group) is 1. The van der Waals surface area contributed by atoms with E-state index < -0.39 is 28.9 Å².